The molecule has 0 amide bonds. The summed E-state index contributed by atoms with van der Waals surface area (Å²) in [5.74, 6) is 0. The number of rotatable bonds is 4. The van der Waals surface area contributed by atoms with Crippen LogP contribution in [0, 0.1) is 0 Å². The molecule has 0 atom stereocenters. The molecule has 2 aromatic carbocycles. The number of sulfonamides is 1. The van der Waals surface area contributed by atoms with Crippen LogP contribution in [0.25, 0.3) is 0 Å². The molecular weight excluding hydrogens is 426 g/mol. The Morgan fingerprint density at radius 2 is 1.36 bits per heavy atom. The molecule has 0 saturated carbocycles. The van der Waals surface area contributed by atoms with E-state index in [1.165, 1.54) is 40.7 Å². The van der Waals surface area contributed by atoms with E-state index in [0.29, 0.717) is 13.1 Å². The highest BCUT2D eigenvalue weighted by Gasteiger charge is 2.27. The van der Waals surface area contributed by atoms with Gasteiger partial charge in [-0.3, -0.25) is 0 Å². The fraction of sp³-hybridized carbons (Fsp3) is 0.294. The SMILES string of the molecule is O=S(=O)(c1ccc(Br)cc1)c1cccc(S(=O)(=O)N2CCCCC2)c1. The van der Waals surface area contributed by atoms with Crippen LogP contribution in [0.15, 0.2) is 67.7 Å². The van der Waals surface area contributed by atoms with E-state index < -0.39 is 19.9 Å². The van der Waals surface area contributed by atoms with Crippen molar-refractivity contribution in [1.29, 1.82) is 0 Å². The first-order chi connectivity index (χ1) is 11.8. The number of halogens is 1. The van der Waals surface area contributed by atoms with Gasteiger partial charge < -0.3 is 0 Å². The first-order valence-corrected chi connectivity index (χ1v) is 11.6. The van der Waals surface area contributed by atoms with Gasteiger partial charge in [0.1, 0.15) is 0 Å². The van der Waals surface area contributed by atoms with Gasteiger partial charge in [0.2, 0.25) is 19.9 Å². The Bertz CT molecular complexity index is 964. The highest BCUT2D eigenvalue weighted by Crippen LogP contribution is 2.26. The van der Waals surface area contributed by atoms with Gasteiger partial charge in [-0.05, 0) is 55.3 Å². The van der Waals surface area contributed by atoms with Crippen molar-refractivity contribution in [3.05, 3.63) is 53.0 Å². The minimum Gasteiger partial charge on any atom is -0.219 e. The first kappa shape index (κ1) is 18.6. The second kappa shape index (κ2) is 7.19. The fourth-order valence-electron chi connectivity index (χ4n) is 2.81. The minimum atomic E-state index is -3.77. The molecule has 2 aromatic rings. The lowest BCUT2D eigenvalue weighted by Gasteiger charge is -2.26. The zero-order valence-electron chi connectivity index (χ0n) is 13.4. The van der Waals surface area contributed by atoms with E-state index in [1.54, 1.807) is 12.1 Å². The van der Waals surface area contributed by atoms with E-state index in [0.717, 1.165) is 23.7 Å². The predicted octanol–water partition coefficient (Wildman–Crippen LogP) is 3.46. The lowest BCUT2D eigenvalue weighted by Crippen LogP contribution is -2.35. The lowest BCUT2D eigenvalue weighted by molar-refractivity contribution is 0.346. The van der Waals surface area contributed by atoms with Gasteiger partial charge in [-0.25, -0.2) is 16.8 Å². The van der Waals surface area contributed by atoms with Crippen LogP contribution in [-0.2, 0) is 19.9 Å². The van der Waals surface area contributed by atoms with Crippen LogP contribution < -0.4 is 0 Å². The molecule has 1 heterocycles. The summed E-state index contributed by atoms with van der Waals surface area (Å²) < 4.78 is 53.3. The van der Waals surface area contributed by atoms with Gasteiger partial charge in [0.15, 0.2) is 0 Å². The van der Waals surface area contributed by atoms with Crippen molar-refractivity contribution in [2.75, 3.05) is 13.1 Å². The van der Waals surface area contributed by atoms with Crippen LogP contribution in [0.4, 0.5) is 0 Å². The zero-order chi connectivity index (χ0) is 18.1. The average molecular weight is 444 g/mol. The molecular formula is C17H18BrNO4S2. The van der Waals surface area contributed by atoms with E-state index >= 15 is 0 Å². The zero-order valence-corrected chi connectivity index (χ0v) is 16.6. The van der Waals surface area contributed by atoms with Crippen LogP contribution in [0.3, 0.4) is 0 Å². The van der Waals surface area contributed by atoms with Gasteiger partial charge in [-0.1, -0.05) is 28.4 Å². The summed E-state index contributed by atoms with van der Waals surface area (Å²) in [5.41, 5.74) is 0. The summed E-state index contributed by atoms with van der Waals surface area (Å²) in [6.45, 7) is 0.956. The molecule has 1 saturated heterocycles. The molecule has 3 rings (SSSR count). The standard InChI is InChI=1S/C17H18BrNO4S2/c18-14-7-9-15(10-8-14)24(20,21)16-5-4-6-17(13-16)25(22,23)19-11-2-1-3-12-19/h4-10,13H,1-3,11-12H2. The molecule has 1 aliphatic rings. The third kappa shape index (κ3) is 3.81. The smallest absolute Gasteiger partial charge is 0.219 e. The van der Waals surface area contributed by atoms with Crippen molar-refractivity contribution < 1.29 is 16.8 Å². The minimum absolute atomic E-state index is 0.0205. The molecule has 0 aromatic heterocycles. The summed E-state index contributed by atoms with van der Waals surface area (Å²) in [6.07, 6.45) is 2.68. The van der Waals surface area contributed by atoms with Gasteiger partial charge in [-0.15, -0.1) is 0 Å². The highest BCUT2D eigenvalue weighted by molar-refractivity contribution is 9.10. The molecule has 0 bridgehead atoms. The fourth-order valence-corrected chi connectivity index (χ4v) is 6.01. The molecule has 1 fully saturated rings. The van der Waals surface area contributed by atoms with Crippen LogP contribution in [0.5, 0.6) is 0 Å². The van der Waals surface area contributed by atoms with Gasteiger partial charge in [-0.2, -0.15) is 4.31 Å². The largest absolute Gasteiger partial charge is 0.243 e. The monoisotopic (exact) mass is 443 g/mol. The molecule has 0 spiro atoms. The number of benzene rings is 2. The van der Waals surface area contributed by atoms with Crippen molar-refractivity contribution in [3.63, 3.8) is 0 Å². The van der Waals surface area contributed by atoms with Gasteiger partial charge in [0.05, 0.1) is 14.7 Å². The van der Waals surface area contributed by atoms with Crippen molar-refractivity contribution in [1.82, 2.24) is 4.31 Å². The van der Waals surface area contributed by atoms with Crippen molar-refractivity contribution in [2.45, 2.75) is 33.9 Å². The van der Waals surface area contributed by atoms with Crippen LogP contribution in [-0.4, -0.2) is 34.2 Å². The maximum absolute atomic E-state index is 12.8. The first-order valence-electron chi connectivity index (χ1n) is 7.93. The van der Waals surface area contributed by atoms with Crippen molar-refractivity contribution >= 4 is 35.8 Å². The highest BCUT2D eigenvalue weighted by atomic mass is 79.9. The molecule has 25 heavy (non-hydrogen) atoms. The number of hydrogen-bond donors (Lipinski definition) is 0. The van der Waals surface area contributed by atoms with Gasteiger partial charge >= 0.3 is 0 Å². The summed E-state index contributed by atoms with van der Waals surface area (Å²) >= 11 is 3.27. The van der Waals surface area contributed by atoms with Gasteiger partial charge in [0.25, 0.3) is 0 Å². The number of nitrogens with zero attached hydrogens (tertiary/aromatic N) is 1. The Labute approximate surface area is 156 Å². The van der Waals surface area contributed by atoms with Crippen molar-refractivity contribution in [2.24, 2.45) is 0 Å². The average Bonchev–Trinajstić information content (AvgIpc) is 2.63. The molecule has 0 N–H and O–H groups in total. The maximum Gasteiger partial charge on any atom is 0.243 e. The van der Waals surface area contributed by atoms with Crippen LogP contribution in [0.1, 0.15) is 19.3 Å². The third-order valence-corrected chi connectivity index (χ3v) is 8.38. The molecule has 0 aliphatic carbocycles. The molecule has 0 radical (unpaired) electrons. The summed E-state index contributed by atoms with van der Waals surface area (Å²) in [5, 5.41) is 0. The summed E-state index contributed by atoms with van der Waals surface area (Å²) in [7, 11) is -7.45. The molecule has 134 valence electrons. The Balaban J connectivity index is 2.00. The second-order valence-corrected chi connectivity index (χ2v) is 10.7. The second-order valence-electron chi connectivity index (χ2n) is 5.90. The Morgan fingerprint density at radius 1 is 0.760 bits per heavy atom. The third-order valence-electron chi connectivity index (χ3n) is 4.19. The Morgan fingerprint density at radius 3 is 2.00 bits per heavy atom. The lowest BCUT2D eigenvalue weighted by atomic mass is 10.2. The quantitative estimate of drug-likeness (QED) is 0.724. The van der Waals surface area contributed by atoms with Gasteiger partial charge in [0, 0.05) is 17.6 Å². The molecule has 0 unspecified atom stereocenters. The van der Waals surface area contributed by atoms with Crippen LogP contribution in [0.2, 0.25) is 0 Å². The van der Waals surface area contributed by atoms with E-state index in [9.17, 15) is 16.8 Å². The maximum atomic E-state index is 12.8. The van der Waals surface area contributed by atoms with E-state index in [-0.39, 0.29) is 14.7 Å². The summed E-state index contributed by atoms with van der Waals surface area (Å²) in [6, 6.07) is 11.9. The van der Waals surface area contributed by atoms with Crippen LogP contribution >= 0.6 is 15.9 Å². The molecule has 8 heteroatoms. The van der Waals surface area contributed by atoms with E-state index in [1.807, 2.05) is 0 Å². The predicted molar refractivity (Wildman–Crippen MR) is 98.6 cm³/mol. The Kier molecular flexibility index (Phi) is 5.34. The van der Waals surface area contributed by atoms with E-state index in [2.05, 4.69) is 15.9 Å². The van der Waals surface area contributed by atoms with E-state index in [4.69, 9.17) is 0 Å². The molecule has 5 nitrogen and oxygen atoms in total. The normalized spacial score (nSPS) is 16.7. The number of hydrogen-bond acceptors (Lipinski definition) is 4. The topological polar surface area (TPSA) is 71.5 Å². The summed E-state index contributed by atoms with van der Waals surface area (Å²) in [4.78, 5) is 0.128. The van der Waals surface area contributed by atoms with Crippen molar-refractivity contribution in [3.8, 4) is 0 Å². The number of piperidine rings is 1. The molecule has 1 aliphatic heterocycles. The Hall–Kier alpha value is -1.22. The number of sulfone groups is 1.